The molecule has 0 heterocycles. The van der Waals surface area contributed by atoms with Gasteiger partial charge >= 0.3 is 0 Å². The van der Waals surface area contributed by atoms with E-state index in [4.69, 9.17) is 4.74 Å². The van der Waals surface area contributed by atoms with Crippen molar-refractivity contribution in [2.24, 2.45) is 0 Å². The van der Waals surface area contributed by atoms with Crippen LogP contribution < -0.4 is 10.1 Å². The van der Waals surface area contributed by atoms with Gasteiger partial charge < -0.3 is 10.1 Å². The highest BCUT2D eigenvalue weighted by atomic mass is 79.9. The number of hydrogen-bond acceptors (Lipinski definition) is 3. The van der Waals surface area contributed by atoms with Gasteiger partial charge in [-0.25, -0.2) is 0 Å². The highest BCUT2D eigenvalue weighted by Crippen LogP contribution is 2.24. The number of halogens is 1. The molecule has 16 heavy (non-hydrogen) atoms. The van der Waals surface area contributed by atoms with Crippen LogP contribution in [0.5, 0.6) is 5.75 Å². The van der Waals surface area contributed by atoms with E-state index < -0.39 is 0 Å². The van der Waals surface area contributed by atoms with Crippen LogP contribution in [0.2, 0.25) is 0 Å². The fourth-order valence-electron chi connectivity index (χ4n) is 1.50. The first kappa shape index (κ1) is 13.2. The van der Waals surface area contributed by atoms with Crippen molar-refractivity contribution in [3.05, 3.63) is 28.2 Å². The number of hydrogen-bond donors (Lipinski definition) is 1. The molecule has 1 rings (SSSR count). The second-order valence-electron chi connectivity index (χ2n) is 3.49. The molecule has 1 N–H and O–H groups in total. The second-order valence-corrected chi connectivity index (χ2v) is 4.40. The Hall–Kier alpha value is -0.870. The smallest absolute Gasteiger partial charge is 0.183 e. The number of likely N-dealkylation sites (N-methyl/N-ethyl adjacent to an activating group) is 1. The SMILES string of the molecule is CCNC(C)C(=O)c1cc(Br)ccc1OC. The molecule has 0 saturated carbocycles. The summed E-state index contributed by atoms with van der Waals surface area (Å²) in [6, 6.07) is 5.23. The van der Waals surface area contributed by atoms with Crippen molar-refractivity contribution < 1.29 is 9.53 Å². The summed E-state index contributed by atoms with van der Waals surface area (Å²) < 4.78 is 6.06. The summed E-state index contributed by atoms with van der Waals surface area (Å²) >= 11 is 3.35. The van der Waals surface area contributed by atoms with Crippen LogP contribution in [0, 0.1) is 0 Å². The minimum atomic E-state index is -0.201. The van der Waals surface area contributed by atoms with Crippen LogP contribution in [0.1, 0.15) is 24.2 Å². The summed E-state index contributed by atoms with van der Waals surface area (Å²) in [7, 11) is 1.57. The van der Waals surface area contributed by atoms with Gasteiger partial charge in [-0.3, -0.25) is 4.79 Å². The van der Waals surface area contributed by atoms with E-state index >= 15 is 0 Å². The van der Waals surface area contributed by atoms with Gasteiger partial charge in [-0.1, -0.05) is 22.9 Å². The molecule has 0 radical (unpaired) electrons. The summed E-state index contributed by atoms with van der Waals surface area (Å²) in [6.45, 7) is 4.59. The van der Waals surface area contributed by atoms with Crippen molar-refractivity contribution in [2.45, 2.75) is 19.9 Å². The quantitative estimate of drug-likeness (QED) is 0.846. The van der Waals surface area contributed by atoms with Crippen LogP contribution in [-0.4, -0.2) is 25.5 Å². The standard InChI is InChI=1S/C12H16BrNO2/c1-4-14-8(2)12(15)10-7-9(13)5-6-11(10)16-3/h5-8,14H,4H2,1-3H3. The first-order valence-corrected chi connectivity index (χ1v) is 6.00. The average Bonchev–Trinajstić information content (AvgIpc) is 2.28. The number of ether oxygens (including phenoxy) is 1. The molecule has 1 atom stereocenters. The maximum absolute atomic E-state index is 12.1. The van der Waals surface area contributed by atoms with Crippen LogP contribution in [0.4, 0.5) is 0 Å². The third-order valence-corrected chi connectivity index (χ3v) is 2.82. The number of carbonyl (C=O) groups excluding carboxylic acids is 1. The lowest BCUT2D eigenvalue weighted by molar-refractivity contribution is 0.0949. The van der Waals surface area contributed by atoms with Gasteiger partial charge in [0.05, 0.1) is 18.7 Å². The molecule has 0 aromatic heterocycles. The van der Waals surface area contributed by atoms with Crippen LogP contribution in [0.25, 0.3) is 0 Å². The minimum Gasteiger partial charge on any atom is -0.496 e. The molecule has 88 valence electrons. The molecule has 1 aromatic rings. The molecule has 0 fully saturated rings. The number of carbonyl (C=O) groups is 1. The second kappa shape index (κ2) is 6.01. The Balaban J connectivity index is 3.01. The van der Waals surface area contributed by atoms with Crippen LogP contribution in [0.15, 0.2) is 22.7 Å². The van der Waals surface area contributed by atoms with E-state index in [0.717, 1.165) is 11.0 Å². The molecular weight excluding hydrogens is 270 g/mol. The van der Waals surface area contributed by atoms with Crippen LogP contribution >= 0.6 is 15.9 Å². The fourth-order valence-corrected chi connectivity index (χ4v) is 1.87. The molecular formula is C12H16BrNO2. The van der Waals surface area contributed by atoms with E-state index in [1.54, 1.807) is 19.2 Å². The van der Waals surface area contributed by atoms with Gasteiger partial charge in [-0.15, -0.1) is 0 Å². The summed E-state index contributed by atoms with van der Waals surface area (Å²) in [4.78, 5) is 12.1. The molecule has 1 aromatic carbocycles. The molecule has 1 unspecified atom stereocenters. The van der Waals surface area contributed by atoms with E-state index in [1.807, 2.05) is 19.9 Å². The van der Waals surface area contributed by atoms with Crippen molar-refractivity contribution in [3.8, 4) is 5.75 Å². The maximum Gasteiger partial charge on any atom is 0.183 e. The lowest BCUT2D eigenvalue weighted by Gasteiger charge is -2.13. The predicted octanol–water partition coefficient (Wildman–Crippen LogP) is 2.64. The summed E-state index contributed by atoms with van der Waals surface area (Å²) in [5, 5.41) is 3.09. The molecule has 0 saturated heterocycles. The third kappa shape index (κ3) is 3.06. The van der Waals surface area contributed by atoms with E-state index in [0.29, 0.717) is 11.3 Å². The Morgan fingerprint density at radius 2 is 2.25 bits per heavy atom. The Bertz CT molecular complexity index is 379. The van der Waals surface area contributed by atoms with Gasteiger partial charge in [0.2, 0.25) is 0 Å². The summed E-state index contributed by atoms with van der Waals surface area (Å²) in [6.07, 6.45) is 0. The Morgan fingerprint density at radius 1 is 1.56 bits per heavy atom. The lowest BCUT2D eigenvalue weighted by atomic mass is 10.0. The first-order chi connectivity index (χ1) is 7.60. The van der Waals surface area contributed by atoms with Crippen molar-refractivity contribution >= 4 is 21.7 Å². The topological polar surface area (TPSA) is 38.3 Å². The zero-order valence-electron chi connectivity index (χ0n) is 9.71. The normalized spacial score (nSPS) is 12.2. The van der Waals surface area contributed by atoms with Gasteiger partial charge in [0.15, 0.2) is 5.78 Å². The van der Waals surface area contributed by atoms with E-state index in [9.17, 15) is 4.79 Å². The zero-order valence-corrected chi connectivity index (χ0v) is 11.3. The molecule has 0 bridgehead atoms. The van der Waals surface area contributed by atoms with Gasteiger partial charge in [-0.05, 0) is 31.7 Å². The number of Topliss-reactive ketones (excluding diaryl/α,β-unsaturated/α-hetero) is 1. The Labute approximate surface area is 104 Å². The first-order valence-electron chi connectivity index (χ1n) is 5.21. The number of nitrogens with one attached hydrogen (secondary N) is 1. The highest BCUT2D eigenvalue weighted by Gasteiger charge is 2.18. The molecule has 0 amide bonds. The third-order valence-electron chi connectivity index (χ3n) is 2.33. The highest BCUT2D eigenvalue weighted by molar-refractivity contribution is 9.10. The van der Waals surface area contributed by atoms with E-state index in [-0.39, 0.29) is 11.8 Å². The zero-order chi connectivity index (χ0) is 12.1. The largest absolute Gasteiger partial charge is 0.496 e. The van der Waals surface area contributed by atoms with Crippen molar-refractivity contribution in [3.63, 3.8) is 0 Å². The Morgan fingerprint density at radius 3 is 2.81 bits per heavy atom. The number of rotatable bonds is 5. The monoisotopic (exact) mass is 285 g/mol. The molecule has 4 heteroatoms. The molecule has 0 spiro atoms. The number of benzene rings is 1. The molecule has 3 nitrogen and oxygen atoms in total. The number of ketones is 1. The van der Waals surface area contributed by atoms with Gasteiger partial charge in [0.25, 0.3) is 0 Å². The van der Waals surface area contributed by atoms with Crippen LogP contribution in [0.3, 0.4) is 0 Å². The Kier molecular flexibility index (Phi) is 4.96. The lowest BCUT2D eigenvalue weighted by Crippen LogP contribution is -2.33. The van der Waals surface area contributed by atoms with Crippen LogP contribution in [-0.2, 0) is 0 Å². The van der Waals surface area contributed by atoms with Crippen molar-refractivity contribution in [1.29, 1.82) is 0 Å². The predicted molar refractivity (Wildman–Crippen MR) is 68.2 cm³/mol. The van der Waals surface area contributed by atoms with Gasteiger partial charge in [0, 0.05) is 4.47 Å². The van der Waals surface area contributed by atoms with Crippen molar-refractivity contribution in [2.75, 3.05) is 13.7 Å². The summed E-state index contributed by atoms with van der Waals surface area (Å²) in [5.41, 5.74) is 0.602. The summed E-state index contributed by atoms with van der Waals surface area (Å²) in [5.74, 6) is 0.651. The van der Waals surface area contributed by atoms with Gasteiger partial charge in [0.1, 0.15) is 5.75 Å². The van der Waals surface area contributed by atoms with Gasteiger partial charge in [-0.2, -0.15) is 0 Å². The average molecular weight is 286 g/mol. The number of methoxy groups -OCH3 is 1. The molecule has 0 aliphatic heterocycles. The maximum atomic E-state index is 12.1. The molecule has 0 aliphatic rings. The molecule has 0 aliphatic carbocycles. The van der Waals surface area contributed by atoms with E-state index in [2.05, 4.69) is 21.2 Å². The van der Waals surface area contributed by atoms with E-state index in [1.165, 1.54) is 0 Å². The van der Waals surface area contributed by atoms with Crippen molar-refractivity contribution in [1.82, 2.24) is 5.32 Å². The minimum absolute atomic E-state index is 0.0417. The fraction of sp³-hybridized carbons (Fsp3) is 0.417.